The Morgan fingerprint density at radius 3 is 2.71 bits per heavy atom. The molecule has 0 aromatic rings. The van der Waals surface area contributed by atoms with Crippen molar-refractivity contribution >= 4 is 11.8 Å². The summed E-state index contributed by atoms with van der Waals surface area (Å²) in [5.41, 5.74) is 5.18. The first-order chi connectivity index (χ1) is 8.15. The van der Waals surface area contributed by atoms with Crippen LogP contribution in [0.15, 0.2) is 0 Å². The average molecular weight is 241 g/mol. The van der Waals surface area contributed by atoms with E-state index < -0.39 is 5.91 Å². The van der Waals surface area contributed by atoms with E-state index in [1.54, 1.807) is 4.90 Å². The Morgan fingerprint density at radius 2 is 2.18 bits per heavy atom. The van der Waals surface area contributed by atoms with E-state index in [1.807, 2.05) is 0 Å². The Balaban J connectivity index is 2.53. The minimum absolute atomic E-state index is 0.0250. The number of primary amides is 1. The quantitative estimate of drug-likeness (QED) is 0.699. The zero-order valence-corrected chi connectivity index (χ0v) is 10.6. The van der Waals surface area contributed by atoms with Crippen LogP contribution in [0.4, 0.5) is 0 Å². The highest BCUT2D eigenvalue weighted by molar-refractivity contribution is 5.87. The van der Waals surface area contributed by atoms with E-state index >= 15 is 0 Å². The molecule has 1 saturated heterocycles. The van der Waals surface area contributed by atoms with Crippen LogP contribution < -0.4 is 11.1 Å². The van der Waals surface area contributed by atoms with E-state index in [9.17, 15) is 9.59 Å². The van der Waals surface area contributed by atoms with E-state index in [4.69, 9.17) is 5.73 Å². The fraction of sp³-hybridized carbons (Fsp3) is 0.833. The van der Waals surface area contributed by atoms with Crippen LogP contribution in [0.1, 0.15) is 39.0 Å². The lowest BCUT2D eigenvalue weighted by Gasteiger charge is -2.29. The molecule has 0 bridgehead atoms. The van der Waals surface area contributed by atoms with Gasteiger partial charge in [-0.1, -0.05) is 19.8 Å². The number of carbonyl (C=O) groups excluding carboxylic acids is 2. The standard InChI is InChI=1S/C12H23N3O2/c1-2-3-8-15(9-11(13)16)12(17)10-6-4-5-7-14-10/h10,14H,2-9H2,1H3,(H2,13,16). The largest absolute Gasteiger partial charge is 0.368 e. The third kappa shape index (κ3) is 4.73. The van der Waals surface area contributed by atoms with Crippen LogP contribution in [0.2, 0.25) is 0 Å². The summed E-state index contributed by atoms with van der Waals surface area (Å²) in [4.78, 5) is 24.8. The second-order valence-electron chi connectivity index (χ2n) is 4.58. The van der Waals surface area contributed by atoms with Crippen LogP contribution in [0.3, 0.4) is 0 Å². The van der Waals surface area contributed by atoms with Crippen molar-refractivity contribution in [3.8, 4) is 0 Å². The van der Waals surface area contributed by atoms with E-state index in [0.717, 1.165) is 38.6 Å². The lowest BCUT2D eigenvalue weighted by Crippen LogP contribution is -2.50. The third-order valence-corrected chi connectivity index (χ3v) is 3.05. The predicted octanol–water partition coefficient (Wildman–Crippen LogP) is 0.243. The van der Waals surface area contributed by atoms with Crippen LogP contribution in [0.25, 0.3) is 0 Å². The van der Waals surface area contributed by atoms with Gasteiger partial charge in [0.15, 0.2) is 0 Å². The Labute approximate surface area is 103 Å². The molecule has 98 valence electrons. The number of carbonyl (C=O) groups is 2. The van der Waals surface area contributed by atoms with Crippen molar-refractivity contribution in [3.63, 3.8) is 0 Å². The minimum Gasteiger partial charge on any atom is -0.368 e. The van der Waals surface area contributed by atoms with Gasteiger partial charge in [0.25, 0.3) is 0 Å². The van der Waals surface area contributed by atoms with Crippen molar-refractivity contribution in [2.45, 2.75) is 45.1 Å². The molecule has 0 aliphatic carbocycles. The molecule has 1 rings (SSSR count). The summed E-state index contributed by atoms with van der Waals surface area (Å²) < 4.78 is 0. The summed E-state index contributed by atoms with van der Waals surface area (Å²) in [6, 6.07) is -0.125. The molecule has 0 aromatic carbocycles. The van der Waals surface area contributed by atoms with E-state index in [0.29, 0.717) is 6.54 Å². The molecule has 17 heavy (non-hydrogen) atoms. The summed E-state index contributed by atoms with van der Waals surface area (Å²) in [5.74, 6) is -0.415. The van der Waals surface area contributed by atoms with Gasteiger partial charge in [-0.15, -0.1) is 0 Å². The van der Waals surface area contributed by atoms with Gasteiger partial charge in [-0.05, 0) is 25.8 Å². The first-order valence-corrected chi connectivity index (χ1v) is 6.45. The molecule has 1 fully saturated rings. The smallest absolute Gasteiger partial charge is 0.240 e. The fourth-order valence-corrected chi connectivity index (χ4v) is 2.09. The van der Waals surface area contributed by atoms with Crippen LogP contribution in [0, 0.1) is 0 Å². The summed E-state index contributed by atoms with van der Waals surface area (Å²) in [7, 11) is 0. The Kier molecular flexibility index (Phi) is 5.97. The molecule has 5 nitrogen and oxygen atoms in total. The van der Waals surface area contributed by atoms with Gasteiger partial charge in [-0.25, -0.2) is 0 Å². The summed E-state index contributed by atoms with van der Waals surface area (Å²) in [5, 5.41) is 3.21. The van der Waals surface area contributed by atoms with E-state index in [2.05, 4.69) is 12.2 Å². The van der Waals surface area contributed by atoms with Crippen LogP contribution >= 0.6 is 0 Å². The summed E-state index contributed by atoms with van der Waals surface area (Å²) in [6.45, 7) is 3.61. The molecule has 1 aliphatic rings. The van der Waals surface area contributed by atoms with E-state index in [1.165, 1.54) is 0 Å². The van der Waals surface area contributed by atoms with Crippen LogP contribution in [0.5, 0.6) is 0 Å². The number of piperidine rings is 1. The van der Waals surface area contributed by atoms with E-state index in [-0.39, 0.29) is 18.5 Å². The van der Waals surface area contributed by atoms with Crippen molar-refractivity contribution in [3.05, 3.63) is 0 Å². The lowest BCUT2D eigenvalue weighted by atomic mass is 10.0. The minimum atomic E-state index is -0.440. The highest BCUT2D eigenvalue weighted by atomic mass is 16.2. The number of rotatable bonds is 6. The normalized spacial score (nSPS) is 19.9. The van der Waals surface area contributed by atoms with Gasteiger partial charge in [-0.3, -0.25) is 9.59 Å². The highest BCUT2D eigenvalue weighted by Crippen LogP contribution is 2.10. The predicted molar refractivity (Wildman–Crippen MR) is 66.3 cm³/mol. The summed E-state index contributed by atoms with van der Waals surface area (Å²) >= 11 is 0. The van der Waals surface area contributed by atoms with Gasteiger partial charge in [0.2, 0.25) is 11.8 Å². The van der Waals surface area contributed by atoms with Crippen molar-refractivity contribution < 1.29 is 9.59 Å². The third-order valence-electron chi connectivity index (χ3n) is 3.05. The number of hydrogen-bond acceptors (Lipinski definition) is 3. The highest BCUT2D eigenvalue weighted by Gasteiger charge is 2.25. The van der Waals surface area contributed by atoms with Gasteiger partial charge in [0.05, 0.1) is 12.6 Å². The molecule has 1 unspecified atom stereocenters. The van der Waals surface area contributed by atoms with Gasteiger partial charge in [0.1, 0.15) is 0 Å². The van der Waals surface area contributed by atoms with Crippen molar-refractivity contribution in [2.75, 3.05) is 19.6 Å². The number of nitrogens with one attached hydrogen (secondary N) is 1. The molecule has 1 aliphatic heterocycles. The zero-order chi connectivity index (χ0) is 12.7. The van der Waals surface area contributed by atoms with Gasteiger partial charge >= 0.3 is 0 Å². The topological polar surface area (TPSA) is 75.4 Å². The molecule has 1 heterocycles. The number of hydrogen-bond donors (Lipinski definition) is 2. The second-order valence-corrected chi connectivity index (χ2v) is 4.58. The lowest BCUT2D eigenvalue weighted by molar-refractivity contribution is -0.137. The molecule has 0 spiro atoms. The average Bonchev–Trinajstić information content (AvgIpc) is 2.34. The fourth-order valence-electron chi connectivity index (χ4n) is 2.09. The first kappa shape index (κ1) is 14.0. The first-order valence-electron chi connectivity index (χ1n) is 6.45. The molecule has 5 heteroatoms. The molecular weight excluding hydrogens is 218 g/mol. The Hall–Kier alpha value is -1.10. The van der Waals surface area contributed by atoms with Crippen molar-refractivity contribution in [2.24, 2.45) is 5.73 Å². The number of amides is 2. The maximum atomic E-state index is 12.2. The van der Waals surface area contributed by atoms with Gasteiger partial charge in [0, 0.05) is 6.54 Å². The number of unbranched alkanes of at least 4 members (excludes halogenated alkanes) is 1. The molecular formula is C12H23N3O2. The monoisotopic (exact) mass is 241 g/mol. The molecule has 0 aromatic heterocycles. The van der Waals surface area contributed by atoms with Crippen LogP contribution in [-0.2, 0) is 9.59 Å². The maximum Gasteiger partial charge on any atom is 0.240 e. The second kappa shape index (κ2) is 7.27. The zero-order valence-electron chi connectivity index (χ0n) is 10.6. The molecule has 1 atom stereocenters. The van der Waals surface area contributed by atoms with Crippen molar-refractivity contribution in [1.29, 1.82) is 0 Å². The number of nitrogens with two attached hydrogens (primary N) is 1. The van der Waals surface area contributed by atoms with Gasteiger partial charge < -0.3 is 16.0 Å². The number of nitrogens with zero attached hydrogens (tertiary/aromatic N) is 1. The Morgan fingerprint density at radius 1 is 1.41 bits per heavy atom. The molecule has 0 saturated carbocycles. The molecule has 2 amide bonds. The SMILES string of the molecule is CCCCN(CC(N)=O)C(=O)C1CCCCN1. The van der Waals surface area contributed by atoms with Gasteiger partial charge in [-0.2, -0.15) is 0 Å². The van der Waals surface area contributed by atoms with Crippen LogP contribution in [-0.4, -0.2) is 42.4 Å². The summed E-state index contributed by atoms with van der Waals surface area (Å²) in [6.07, 6.45) is 4.96. The Bertz CT molecular complexity index is 262. The molecule has 0 radical (unpaired) electrons. The van der Waals surface area contributed by atoms with Crippen molar-refractivity contribution in [1.82, 2.24) is 10.2 Å². The maximum absolute atomic E-state index is 12.2. The molecule has 3 N–H and O–H groups in total.